The summed E-state index contributed by atoms with van der Waals surface area (Å²) in [5.41, 5.74) is -2.07. The summed E-state index contributed by atoms with van der Waals surface area (Å²) < 4.78 is 24.1. The third-order valence-corrected chi connectivity index (χ3v) is 1.87. The first-order valence-corrected chi connectivity index (χ1v) is 3.02. The molecule has 0 aromatic carbocycles. The average molecular weight is 164 g/mol. The fraction of sp³-hybridized carbons (Fsp3) is 0.667. The van der Waals surface area contributed by atoms with Gasteiger partial charge in [-0.05, 0) is 0 Å². The van der Waals surface area contributed by atoms with Crippen LogP contribution in [0, 0.1) is 5.41 Å². The Morgan fingerprint density at radius 3 is 2.09 bits per heavy atom. The third kappa shape index (κ3) is 1.00. The number of hydrogen-bond acceptors (Lipinski definition) is 2. The van der Waals surface area contributed by atoms with E-state index in [1.165, 1.54) is 0 Å². The van der Waals surface area contributed by atoms with E-state index < -0.39 is 36.4 Å². The second-order valence-electron chi connectivity index (χ2n) is 2.65. The van der Waals surface area contributed by atoms with Gasteiger partial charge in [-0.3, -0.25) is 9.59 Å². The lowest BCUT2D eigenvalue weighted by molar-refractivity contribution is -0.174. The summed E-state index contributed by atoms with van der Waals surface area (Å²) in [5, 5.41) is 8.34. The highest BCUT2D eigenvalue weighted by molar-refractivity contribution is 5.97. The number of carboxylic acid groups (broad SMARTS) is 1. The lowest BCUT2D eigenvalue weighted by atomic mass is 9.68. The van der Waals surface area contributed by atoms with Crippen LogP contribution in [0.1, 0.15) is 12.8 Å². The molecule has 1 rings (SSSR count). The van der Waals surface area contributed by atoms with Crippen molar-refractivity contribution in [3.63, 3.8) is 0 Å². The van der Waals surface area contributed by atoms with E-state index in [2.05, 4.69) is 0 Å². The molecular weight excluding hydrogens is 158 g/mol. The van der Waals surface area contributed by atoms with Crippen LogP contribution in [0.5, 0.6) is 0 Å². The van der Waals surface area contributed by atoms with E-state index in [0.717, 1.165) is 0 Å². The Bertz CT molecular complexity index is 204. The Labute approximate surface area is 61.0 Å². The first kappa shape index (κ1) is 8.10. The Hall–Kier alpha value is -1.00. The molecule has 0 spiro atoms. The summed E-state index contributed by atoms with van der Waals surface area (Å²) in [5.74, 6) is -1.99. The maximum absolute atomic E-state index is 12.0. The molecule has 5 heteroatoms. The van der Waals surface area contributed by atoms with Crippen LogP contribution in [0.25, 0.3) is 0 Å². The largest absolute Gasteiger partial charge is 0.481 e. The molecule has 3 nitrogen and oxygen atoms in total. The van der Waals surface area contributed by atoms with Crippen LogP contribution in [0.3, 0.4) is 0 Å². The Morgan fingerprint density at radius 1 is 1.55 bits per heavy atom. The molecule has 0 unspecified atom stereocenters. The second kappa shape index (κ2) is 2.25. The predicted octanol–water partition coefficient (Wildman–Crippen LogP) is 0.685. The molecule has 0 aliphatic heterocycles. The summed E-state index contributed by atoms with van der Waals surface area (Å²) in [4.78, 5) is 20.6. The molecule has 1 aliphatic carbocycles. The van der Waals surface area contributed by atoms with Crippen LogP contribution >= 0.6 is 0 Å². The van der Waals surface area contributed by atoms with Gasteiger partial charge < -0.3 is 5.11 Å². The molecule has 1 aliphatic rings. The lowest BCUT2D eigenvalue weighted by Crippen LogP contribution is -2.49. The van der Waals surface area contributed by atoms with Gasteiger partial charge in [0.05, 0.1) is 0 Å². The first-order valence-electron chi connectivity index (χ1n) is 3.02. The number of ketones is 1. The van der Waals surface area contributed by atoms with Gasteiger partial charge >= 0.3 is 5.97 Å². The number of carboxylic acids is 1. The molecule has 1 fully saturated rings. The van der Waals surface area contributed by atoms with Crippen LogP contribution in [0.15, 0.2) is 0 Å². The molecule has 0 atom stereocenters. The molecule has 1 saturated carbocycles. The molecule has 1 N–H and O–H groups in total. The zero-order chi connectivity index (χ0) is 8.65. The highest BCUT2D eigenvalue weighted by Gasteiger charge is 2.57. The van der Waals surface area contributed by atoms with E-state index in [4.69, 9.17) is 5.11 Å². The highest BCUT2D eigenvalue weighted by atomic mass is 19.3. The number of alkyl halides is 2. The zero-order valence-corrected chi connectivity index (χ0v) is 5.51. The van der Waals surface area contributed by atoms with Crippen LogP contribution in [-0.2, 0) is 9.59 Å². The van der Waals surface area contributed by atoms with Crippen molar-refractivity contribution in [1.82, 2.24) is 0 Å². The maximum Gasteiger partial charge on any atom is 0.316 e. The van der Waals surface area contributed by atoms with E-state index in [0.29, 0.717) is 0 Å². The van der Waals surface area contributed by atoms with Crippen molar-refractivity contribution in [3.05, 3.63) is 0 Å². The summed E-state index contributed by atoms with van der Waals surface area (Å²) in [6.07, 6.45) is -4.00. The molecule has 62 valence electrons. The SMILES string of the molecule is O=C1CC(C(=O)O)(C(F)F)C1. The van der Waals surface area contributed by atoms with Gasteiger partial charge in [-0.1, -0.05) is 0 Å². The number of carbonyl (C=O) groups excluding carboxylic acids is 1. The van der Waals surface area contributed by atoms with Gasteiger partial charge in [0.1, 0.15) is 11.2 Å². The van der Waals surface area contributed by atoms with Crippen molar-refractivity contribution in [2.75, 3.05) is 0 Å². The molecule has 0 heterocycles. The minimum atomic E-state index is -2.95. The number of carbonyl (C=O) groups is 2. The summed E-state index contributed by atoms with van der Waals surface area (Å²) >= 11 is 0. The van der Waals surface area contributed by atoms with Crippen LogP contribution in [0.2, 0.25) is 0 Å². The molecule has 11 heavy (non-hydrogen) atoms. The topological polar surface area (TPSA) is 54.4 Å². The van der Waals surface area contributed by atoms with Crippen molar-refractivity contribution < 1.29 is 23.5 Å². The molecular formula is C6H6F2O3. The minimum absolute atomic E-state index is 0.410. The van der Waals surface area contributed by atoms with Crippen LogP contribution in [-0.4, -0.2) is 23.3 Å². The Kier molecular flexibility index (Phi) is 1.66. The van der Waals surface area contributed by atoms with Crippen molar-refractivity contribution >= 4 is 11.8 Å². The molecule has 0 saturated heterocycles. The maximum atomic E-state index is 12.0. The third-order valence-electron chi connectivity index (χ3n) is 1.87. The zero-order valence-electron chi connectivity index (χ0n) is 5.51. The van der Waals surface area contributed by atoms with Crippen molar-refractivity contribution in [1.29, 1.82) is 0 Å². The predicted molar refractivity (Wildman–Crippen MR) is 30.3 cm³/mol. The smallest absolute Gasteiger partial charge is 0.316 e. The lowest BCUT2D eigenvalue weighted by Gasteiger charge is -2.34. The molecule has 0 bridgehead atoms. The van der Waals surface area contributed by atoms with Gasteiger partial charge in [0.15, 0.2) is 0 Å². The number of Topliss-reactive ketones (excluding diaryl/α,β-unsaturated/α-hetero) is 1. The summed E-state index contributed by atoms with van der Waals surface area (Å²) in [6, 6.07) is 0. The first-order chi connectivity index (χ1) is 4.99. The molecule has 0 aromatic heterocycles. The highest BCUT2D eigenvalue weighted by Crippen LogP contribution is 2.43. The van der Waals surface area contributed by atoms with E-state index in [9.17, 15) is 18.4 Å². The molecule has 0 aromatic rings. The van der Waals surface area contributed by atoms with Gasteiger partial charge in [0.25, 0.3) is 6.43 Å². The fourth-order valence-corrected chi connectivity index (χ4v) is 1.05. The molecule has 0 amide bonds. The number of rotatable bonds is 2. The summed E-state index contributed by atoms with van der Waals surface area (Å²) in [7, 11) is 0. The van der Waals surface area contributed by atoms with Gasteiger partial charge in [-0.25, -0.2) is 8.78 Å². The van der Waals surface area contributed by atoms with Gasteiger partial charge in [0, 0.05) is 12.8 Å². The van der Waals surface area contributed by atoms with Crippen LogP contribution < -0.4 is 0 Å². The molecule has 0 radical (unpaired) electrons. The van der Waals surface area contributed by atoms with E-state index >= 15 is 0 Å². The van der Waals surface area contributed by atoms with Crippen molar-refractivity contribution in [2.45, 2.75) is 19.3 Å². The second-order valence-corrected chi connectivity index (χ2v) is 2.65. The van der Waals surface area contributed by atoms with Crippen molar-refractivity contribution in [2.24, 2.45) is 5.41 Å². The number of hydrogen-bond donors (Lipinski definition) is 1. The number of aliphatic carboxylic acids is 1. The van der Waals surface area contributed by atoms with Crippen LogP contribution in [0.4, 0.5) is 8.78 Å². The normalized spacial score (nSPS) is 21.5. The fourth-order valence-electron chi connectivity index (χ4n) is 1.05. The quantitative estimate of drug-likeness (QED) is 0.653. The standard InChI is InChI=1S/C6H6F2O3/c7-4(8)6(5(10)11)1-3(9)2-6/h4H,1-2H2,(H,10,11). The number of halogens is 2. The average Bonchev–Trinajstić information content (AvgIpc) is 1.78. The minimum Gasteiger partial charge on any atom is -0.481 e. The Balaban J connectivity index is 2.76. The monoisotopic (exact) mass is 164 g/mol. The van der Waals surface area contributed by atoms with E-state index in [1.807, 2.05) is 0 Å². The Morgan fingerprint density at radius 2 is 2.00 bits per heavy atom. The van der Waals surface area contributed by atoms with Gasteiger partial charge in [0.2, 0.25) is 0 Å². The van der Waals surface area contributed by atoms with E-state index in [-0.39, 0.29) is 0 Å². The van der Waals surface area contributed by atoms with E-state index in [1.54, 1.807) is 0 Å². The van der Waals surface area contributed by atoms with Gasteiger partial charge in [-0.15, -0.1) is 0 Å². The summed E-state index contributed by atoms with van der Waals surface area (Å²) in [6.45, 7) is 0. The van der Waals surface area contributed by atoms with Crippen molar-refractivity contribution in [3.8, 4) is 0 Å². The van der Waals surface area contributed by atoms with Gasteiger partial charge in [-0.2, -0.15) is 0 Å².